The third-order valence-electron chi connectivity index (χ3n) is 4.10. The highest BCUT2D eigenvalue weighted by Crippen LogP contribution is 2.35. The number of nitrogens with zero attached hydrogens (tertiary/aromatic N) is 2. The fourth-order valence-corrected chi connectivity index (χ4v) is 2.70. The van der Waals surface area contributed by atoms with Crippen LogP contribution in [-0.2, 0) is 15.5 Å². The molecule has 0 aliphatic carbocycles. The Bertz CT molecular complexity index is 907. The van der Waals surface area contributed by atoms with E-state index in [1.807, 2.05) is 0 Å². The first kappa shape index (κ1) is 19.0. The normalized spacial score (nSPS) is 19.9. The molecule has 1 fully saturated rings. The molecular weight excluding hydrogens is 370 g/mol. The third kappa shape index (κ3) is 3.70. The minimum Gasteiger partial charge on any atom is -0.471 e. The lowest BCUT2D eigenvalue weighted by atomic mass is 10.2. The Hall–Kier alpha value is -2.75. The van der Waals surface area contributed by atoms with Crippen LogP contribution in [0.3, 0.4) is 0 Å². The summed E-state index contributed by atoms with van der Waals surface area (Å²) in [6.07, 6.45) is -0.172. The number of nitrogens with one attached hydrogen (secondary N) is 1. The number of ether oxygens (including phenoxy) is 2. The predicted molar refractivity (Wildman–Crippen MR) is 86.4 cm³/mol. The van der Waals surface area contributed by atoms with E-state index in [-0.39, 0.29) is 24.0 Å². The highest BCUT2D eigenvalue weighted by Gasteiger charge is 2.38. The molecule has 0 spiro atoms. The number of halogens is 4. The van der Waals surface area contributed by atoms with Gasteiger partial charge in [0.1, 0.15) is 12.1 Å². The summed E-state index contributed by atoms with van der Waals surface area (Å²) in [6, 6.07) is 0.766. The average molecular weight is 385 g/mol. The zero-order valence-corrected chi connectivity index (χ0v) is 14.1. The maximum atomic E-state index is 14.2. The van der Waals surface area contributed by atoms with Gasteiger partial charge in [-0.25, -0.2) is 18.7 Å². The Morgan fingerprint density at radius 2 is 1.93 bits per heavy atom. The maximum absolute atomic E-state index is 14.2. The molecule has 10 heteroatoms. The van der Waals surface area contributed by atoms with Crippen molar-refractivity contribution in [2.45, 2.75) is 24.5 Å². The quantitative estimate of drug-likeness (QED) is 0.484. The molecule has 2 atom stereocenters. The number of hydrogen-bond acceptors (Lipinski definition) is 6. The topological polar surface area (TPSA) is 73.3 Å². The molecule has 27 heavy (non-hydrogen) atoms. The molecule has 1 aliphatic heterocycles. The van der Waals surface area contributed by atoms with Crippen LogP contribution in [0.25, 0.3) is 11.0 Å². The van der Waals surface area contributed by atoms with Crippen LogP contribution in [0.4, 0.5) is 17.6 Å². The molecule has 0 unspecified atom stereocenters. The number of allylic oxidation sites excluding steroid dienone is 1. The summed E-state index contributed by atoms with van der Waals surface area (Å²) in [5, 5.41) is 2.84. The fourth-order valence-electron chi connectivity index (χ4n) is 2.70. The molecule has 0 bridgehead atoms. The van der Waals surface area contributed by atoms with E-state index in [2.05, 4.69) is 26.6 Å². The van der Waals surface area contributed by atoms with Gasteiger partial charge in [0.25, 0.3) is 0 Å². The van der Waals surface area contributed by atoms with Crippen LogP contribution < -0.4 is 10.1 Å². The summed E-state index contributed by atoms with van der Waals surface area (Å²) in [4.78, 5) is 19.1. The van der Waals surface area contributed by atoms with Crippen LogP contribution in [0, 0.1) is 11.6 Å². The largest absolute Gasteiger partial charge is 0.471 e. The standard InChI is InChI=1S/C17H15F4N3O3/c1-3-17(20,21)14-15(27-8-4-13(22-7-8)16(25)26-2)24-12-6-10(19)9(18)5-11(12)23-14/h3,5-6,8,13,22H,1,4,7H2,2H3/t8-,13+/m1/s1. The number of carbonyl (C=O) groups is 1. The number of methoxy groups -OCH3 is 1. The van der Waals surface area contributed by atoms with Crippen molar-refractivity contribution in [2.24, 2.45) is 0 Å². The van der Waals surface area contributed by atoms with Crippen molar-refractivity contribution in [1.29, 1.82) is 0 Å². The summed E-state index contributed by atoms with van der Waals surface area (Å²) in [7, 11) is 1.23. The van der Waals surface area contributed by atoms with Gasteiger partial charge in [-0.15, -0.1) is 0 Å². The molecule has 1 aliphatic rings. The molecular formula is C17H15F4N3O3. The van der Waals surface area contributed by atoms with Gasteiger partial charge in [-0.2, -0.15) is 8.78 Å². The predicted octanol–water partition coefficient (Wildman–Crippen LogP) is 2.47. The van der Waals surface area contributed by atoms with Gasteiger partial charge in [0.15, 0.2) is 17.3 Å². The van der Waals surface area contributed by atoms with E-state index in [9.17, 15) is 22.4 Å². The number of alkyl halides is 2. The second kappa shape index (κ2) is 7.10. The molecule has 1 aromatic carbocycles. The number of hydrogen-bond donors (Lipinski definition) is 1. The number of rotatable bonds is 5. The minimum atomic E-state index is -3.62. The van der Waals surface area contributed by atoms with Gasteiger partial charge in [0.05, 0.1) is 18.1 Å². The van der Waals surface area contributed by atoms with Crippen molar-refractivity contribution in [1.82, 2.24) is 15.3 Å². The fraction of sp³-hybridized carbons (Fsp3) is 0.353. The first-order valence-corrected chi connectivity index (χ1v) is 7.91. The van der Waals surface area contributed by atoms with Gasteiger partial charge in [0.2, 0.25) is 5.88 Å². The van der Waals surface area contributed by atoms with Gasteiger partial charge >= 0.3 is 11.9 Å². The highest BCUT2D eigenvalue weighted by molar-refractivity contribution is 5.76. The lowest BCUT2D eigenvalue weighted by Gasteiger charge is -2.19. The van der Waals surface area contributed by atoms with Gasteiger partial charge < -0.3 is 14.8 Å². The van der Waals surface area contributed by atoms with Crippen molar-refractivity contribution in [3.05, 3.63) is 42.1 Å². The number of carbonyl (C=O) groups excluding carboxylic acids is 1. The summed E-state index contributed by atoms with van der Waals surface area (Å²) < 4.78 is 65.4. The molecule has 0 radical (unpaired) electrons. The zero-order chi connectivity index (χ0) is 19.8. The van der Waals surface area contributed by atoms with E-state index in [0.717, 1.165) is 6.07 Å². The summed E-state index contributed by atoms with van der Waals surface area (Å²) in [5.41, 5.74) is -1.28. The van der Waals surface area contributed by atoms with Crippen molar-refractivity contribution in [3.8, 4) is 5.88 Å². The lowest BCUT2D eigenvalue weighted by molar-refractivity contribution is -0.142. The van der Waals surface area contributed by atoms with E-state index in [1.165, 1.54) is 7.11 Å². The molecule has 1 N–H and O–H groups in total. The Labute approximate surface area is 151 Å². The Morgan fingerprint density at radius 3 is 2.52 bits per heavy atom. The van der Waals surface area contributed by atoms with Gasteiger partial charge in [0, 0.05) is 25.1 Å². The van der Waals surface area contributed by atoms with Crippen LogP contribution in [0.5, 0.6) is 5.88 Å². The number of benzene rings is 1. The molecule has 2 heterocycles. The van der Waals surface area contributed by atoms with E-state index in [4.69, 9.17) is 4.74 Å². The first-order chi connectivity index (χ1) is 12.7. The first-order valence-electron chi connectivity index (χ1n) is 7.91. The summed E-state index contributed by atoms with van der Waals surface area (Å²) >= 11 is 0. The van der Waals surface area contributed by atoms with E-state index in [1.54, 1.807) is 0 Å². The molecule has 2 aromatic rings. The minimum absolute atomic E-state index is 0.150. The Kier molecular flexibility index (Phi) is 5.01. The smallest absolute Gasteiger partial charge is 0.323 e. The van der Waals surface area contributed by atoms with Gasteiger partial charge in [-0.3, -0.25) is 4.79 Å². The molecule has 3 rings (SSSR count). The zero-order valence-electron chi connectivity index (χ0n) is 14.1. The number of esters is 1. The Morgan fingerprint density at radius 1 is 1.30 bits per heavy atom. The monoisotopic (exact) mass is 385 g/mol. The third-order valence-corrected chi connectivity index (χ3v) is 4.10. The van der Waals surface area contributed by atoms with Crippen molar-refractivity contribution < 1.29 is 31.8 Å². The number of aromatic nitrogens is 2. The molecule has 1 aromatic heterocycles. The molecule has 0 saturated carbocycles. The van der Waals surface area contributed by atoms with E-state index in [0.29, 0.717) is 12.1 Å². The average Bonchev–Trinajstić information content (AvgIpc) is 3.10. The number of fused-ring (bicyclic) bond motifs is 1. The van der Waals surface area contributed by atoms with Gasteiger partial charge in [-0.1, -0.05) is 6.58 Å². The molecule has 0 amide bonds. The second-order valence-corrected chi connectivity index (χ2v) is 5.92. The lowest BCUT2D eigenvalue weighted by Crippen LogP contribution is -2.31. The summed E-state index contributed by atoms with van der Waals surface area (Å²) in [5.74, 6) is -7.11. The van der Waals surface area contributed by atoms with Crippen LogP contribution in [0.2, 0.25) is 0 Å². The van der Waals surface area contributed by atoms with Crippen molar-refractivity contribution in [3.63, 3.8) is 0 Å². The van der Waals surface area contributed by atoms with Crippen LogP contribution in [-0.4, -0.2) is 41.7 Å². The maximum Gasteiger partial charge on any atom is 0.323 e. The van der Waals surface area contributed by atoms with E-state index >= 15 is 0 Å². The Balaban J connectivity index is 2.00. The molecule has 144 valence electrons. The molecule has 6 nitrogen and oxygen atoms in total. The van der Waals surface area contributed by atoms with Gasteiger partial charge in [-0.05, 0) is 6.08 Å². The summed E-state index contributed by atoms with van der Waals surface area (Å²) in [6.45, 7) is 3.24. The van der Waals surface area contributed by atoms with Crippen LogP contribution in [0.15, 0.2) is 24.8 Å². The highest BCUT2D eigenvalue weighted by atomic mass is 19.3. The van der Waals surface area contributed by atoms with E-state index < -0.39 is 47.2 Å². The SMILES string of the molecule is C=CC(F)(F)c1nc2cc(F)c(F)cc2nc1O[C@H]1CN[C@H](C(=O)OC)C1. The van der Waals surface area contributed by atoms with Crippen LogP contribution in [0.1, 0.15) is 12.1 Å². The van der Waals surface area contributed by atoms with Crippen LogP contribution >= 0.6 is 0 Å². The van der Waals surface area contributed by atoms with Crippen molar-refractivity contribution in [2.75, 3.05) is 13.7 Å². The second-order valence-electron chi connectivity index (χ2n) is 5.92. The molecule has 1 saturated heterocycles. The van der Waals surface area contributed by atoms with Crippen molar-refractivity contribution >= 4 is 17.0 Å².